The van der Waals surface area contributed by atoms with Gasteiger partial charge in [-0.15, -0.1) is 0 Å². The molecule has 0 fully saturated rings. The molecule has 0 saturated heterocycles. The average molecular weight is 270 g/mol. The Morgan fingerprint density at radius 2 is 2.00 bits per heavy atom. The van der Waals surface area contributed by atoms with Gasteiger partial charge in [-0.25, -0.2) is 0 Å². The summed E-state index contributed by atoms with van der Waals surface area (Å²) in [6.45, 7) is 0.528. The minimum atomic E-state index is -0.314. The minimum Gasteiger partial charge on any atom is -0.506 e. The molecule has 20 heavy (non-hydrogen) atoms. The fourth-order valence-corrected chi connectivity index (χ4v) is 2.55. The molecule has 2 heterocycles. The monoisotopic (exact) mass is 270 g/mol. The number of para-hydroxylation sites is 1. The van der Waals surface area contributed by atoms with Crippen LogP contribution < -0.4 is 10.5 Å². The number of fused-ring (bicyclic) bond motifs is 1. The summed E-state index contributed by atoms with van der Waals surface area (Å²) in [5.41, 5.74) is 1.41. The highest BCUT2D eigenvalue weighted by molar-refractivity contribution is 6.06. The molecule has 1 aliphatic rings. The molecule has 102 valence electrons. The predicted octanol–water partition coefficient (Wildman–Crippen LogP) is 1.67. The van der Waals surface area contributed by atoms with E-state index in [1.807, 2.05) is 6.07 Å². The van der Waals surface area contributed by atoms with Gasteiger partial charge in [-0.05, 0) is 30.5 Å². The van der Waals surface area contributed by atoms with E-state index >= 15 is 0 Å². The van der Waals surface area contributed by atoms with Crippen LogP contribution in [0.5, 0.6) is 5.75 Å². The van der Waals surface area contributed by atoms with Gasteiger partial charge in [0.05, 0.1) is 5.69 Å². The molecule has 0 saturated carbocycles. The molecule has 2 N–H and O–H groups in total. The van der Waals surface area contributed by atoms with Crippen LogP contribution in [0, 0.1) is 0 Å². The highest BCUT2D eigenvalue weighted by Crippen LogP contribution is 2.35. The van der Waals surface area contributed by atoms with Crippen molar-refractivity contribution in [1.82, 2.24) is 4.98 Å². The Labute approximate surface area is 115 Å². The van der Waals surface area contributed by atoms with Gasteiger partial charge in [0.2, 0.25) is 5.56 Å². The number of H-pyrrole nitrogens is 1. The highest BCUT2D eigenvalue weighted by atomic mass is 16.3. The molecule has 3 rings (SSSR count). The predicted molar refractivity (Wildman–Crippen MR) is 75.2 cm³/mol. The topological polar surface area (TPSA) is 73.4 Å². The van der Waals surface area contributed by atoms with Crippen LogP contribution in [-0.4, -0.2) is 22.5 Å². The second-order valence-corrected chi connectivity index (χ2v) is 4.77. The number of nitrogens with one attached hydrogen (secondary N) is 1. The number of phenols is 1. The van der Waals surface area contributed by atoms with Gasteiger partial charge in [0.1, 0.15) is 11.4 Å². The van der Waals surface area contributed by atoms with E-state index < -0.39 is 0 Å². The first-order chi connectivity index (χ1) is 9.66. The quantitative estimate of drug-likeness (QED) is 0.828. The first kappa shape index (κ1) is 12.5. The minimum absolute atomic E-state index is 0.0915. The van der Waals surface area contributed by atoms with Gasteiger partial charge >= 0.3 is 0 Å². The van der Waals surface area contributed by atoms with Crippen molar-refractivity contribution >= 4 is 11.6 Å². The van der Waals surface area contributed by atoms with Gasteiger partial charge < -0.3 is 15.0 Å². The molecule has 1 aromatic heterocycles. The summed E-state index contributed by atoms with van der Waals surface area (Å²) in [6.07, 6.45) is 1.66. The number of anilines is 1. The number of amides is 1. The SMILES string of the molecule is O=C(c1cccc(=O)[nH]1)N1CCCc2cccc(O)c21. The number of rotatable bonds is 1. The molecule has 0 spiro atoms. The number of aromatic nitrogens is 1. The van der Waals surface area contributed by atoms with Crippen LogP contribution in [0.25, 0.3) is 0 Å². The zero-order valence-corrected chi connectivity index (χ0v) is 10.8. The number of phenolic OH excluding ortho intramolecular Hbond substituents is 1. The summed E-state index contributed by atoms with van der Waals surface area (Å²) in [7, 11) is 0. The van der Waals surface area contributed by atoms with Gasteiger partial charge in [0, 0.05) is 12.6 Å². The van der Waals surface area contributed by atoms with Crippen molar-refractivity contribution in [1.29, 1.82) is 0 Å². The summed E-state index contributed by atoms with van der Waals surface area (Å²) in [6, 6.07) is 9.71. The molecular formula is C15H14N2O3. The van der Waals surface area contributed by atoms with Crippen molar-refractivity contribution in [2.75, 3.05) is 11.4 Å². The van der Waals surface area contributed by atoms with E-state index in [0.717, 1.165) is 18.4 Å². The number of carbonyl (C=O) groups is 1. The van der Waals surface area contributed by atoms with Crippen LogP contribution in [0.3, 0.4) is 0 Å². The largest absolute Gasteiger partial charge is 0.506 e. The smallest absolute Gasteiger partial charge is 0.274 e. The van der Waals surface area contributed by atoms with Crippen molar-refractivity contribution in [2.45, 2.75) is 12.8 Å². The lowest BCUT2D eigenvalue weighted by atomic mass is 10.0. The number of benzene rings is 1. The van der Waals surface area contributed by atoms with E-state index in [2.05, 4.69) is 4.98 Å². The third-order valence-corrected chi connectivity index (χ3v) is 3.44. The van der Waals surface area contributed by atoms with Crippen molar-refractivity contribution in [3.8, 4) is 5.75 Å². The summed E-state index contributed by atoms with van der Waals surface area (Å²) in [5.74, 6) is -0.209. The first-order valence-electron chi connectivity index (χ1n) is 6.49. The van der Waals surface area contributed by atoms with Crippen LogP contribution in [0.15, 0.2) is 41.2 Å². The summed E-state index contributed by atoms with van der Waals surface area (Å²) >= 11 is 0. The average Bonchev–Trinajstić information content (AvgIpc) is 2.46. The van der Waals surface area contributed by atoms with Gasteiger partial charge in [-0.3, -0.25) is 9.59 Å². The lowest BCUT2D eigenvalue weighted by Gasteiger charge is -2.29. The van der Waals surface area contributed by atoms with Crippen LogP contribution in [0.4, 0.5) is 5.69 Å². The molecule has 0 radical (unpaired) electrons. The molecule has 0 atom stereocenters. The number of nitrogens with zero attached hydrogens (tertiary/aromatic N) is 1. The fraction of sp³-hybridized carbons (Fsp3) is 0.200. The zero-order valence-electron chi connectivity index (χ0n) is 10.8. The van der Waals surface area contributed by atoms with Crippen molar-refractivity contribution in [2.24, 2.45) is 0 Å². The van der Waals surface area contributed by atoms with Crippen molar-refractivity contribution < 1.29 is 9.90 Å². The lowest BCUT2D eigenvalue weighted by Crippen LogP contribution is -2.36. The van der Waals surface area contributed by atoms with Crippen LogP contribution in [0.2, 0.25) is 0 Å². The molecule has 2 aromatic rings. The molecule has 0 aliphatic carbocycles. The second kappa shape index (κ2) is 4.85. The Balaban J connectivity index is 2.05. The van der Waals surface area contributed by atoms with E-state index in [1.54, 1.807) is 24.3 Å². The first-order valence-corrected chi connectivity index (χ1v) is 6.49. The third kappa shape index (κ3) is 2.07. The summed E-state index contributed by atoms with van der Waals surface area (Å²) in [5, 5.41) is 10.0. The molecule has 1 aliphatic heterocycles. The van der Waals surface area contributed by atoms with E-state index in [4.69, 9.17) is 0 Å². The molecule has 5 heteroatoms. The number of aromatic hydroxyl groups is 1. The van der Waals surface area contributed by atoms with Gasteiger partial charge in [-0.2, -0.15) is 0 Å². The van der Waals surface area contributed by atoms with E-state index in [1.165, 1.54) is 11.0 Å². The molecule has 5 nitrogen and oxygen atoms in total. The Morgan fingerprint density at radius 1 is 1.20 bits per heavy atom. The summed E-state index contributed by atoms with van der Waals surface area (Å²) in [4.78, 5) is 27.9. The van der Waals surface area contributed by atoms with E-state index in [0.29, 0.717) is 12.2 Å². The highest BCUT2D eigenvalue weighted by Gasteiger charge is 2.26. The second-order valence-electron chi connectivity index (χ2n) is 4.77. The normalized spacial score (nSPS) is 13.9. The van der Waals surface area contributed by atoms with Crippen LogP contribution >= 0.6 is 0 Å². The van der Waals surface area contributed by atoms with Gasteiger partial charge in [-0.1, -0.05) is 18.2 Å². The van der Waals surface area contributed by atoms with Gasteiger partial charge in [0.25, 0.3) is 5.91 Å². The maximum Gasteiger partial charge on any atom is 0.274 e. The van der Waals surface area contributed by atoms with Gasteiger partial charge in [0.15, 0.2) is 0 Å². The Bertz CT molecular complexity index is 721. The molecule has 0 unspecified atom stereocenters. The van der Waals surface area contributed by atoms with E-state index in [-0.39, 0.29) is 22.9 Å². The van der Waals surface area contributed by atoms with Crippen LogP contribution in [-0.2, 0) is 6.42 Å². The zero-order chi connectivity index (χ0) is 14.1. The number of aromatic amines is 1. The fourth-order valence-electron chi connectivity index (χ4n) is 2.55. The van der Waals surface area contributed by atoms with E-state index in [9.17, 15) is 14.7 Å². The maximum absolute atomic E-state index is 12.5. The lowest BCUT2D eigenvalue weighted by molar-refractivity contribution is 0.0979. The molecule has 1 aromatic carbocycles. The standard InChI is InChI=1S/C15H14N2O3/c18-12-7-1-4-10-5-3-9-17(14(10)12)15(20)11-6-2-8-13(19)16-11/h1-2,4,6-8,18H,3,5,9H2,(H,16,19). The molecule has 1 amide bonds. The summed E-state index contributed by atoms with van der Waals surface area (Å²) < 4.78 is 0. The Morgan fingerprint density at radius 3 is 2.80 bits per heavy atom. The molecule has 0 bridgehead atoms. The Hall–Kier alpha value is -2.56. The number of aryl methyl sites for hydroxylation is 1. The third-order valence-electron chi connectivity index (χ3n) is 3.44. The van der Waals surface area contributed by atoms with Crippen molar-refractivity contribution in [3.63, 3.8) is 0 Å². The molecular weight excluding hydrogens is 256 g/mol. The number of pyridine rings is 1. The number of carbonyl (C=O) groups excluding carboxylic acids is 1. The Kier molecular flexibility index (Phi) is 3.02. The van der Waals surface area contributed by atoms with Crippen molar-refractivity contribution in [3.05, 3.63) is 58.0 Å². The maximum atomic E-state index is 12.5. The van der Waals surface area contributed by atoms with Crippen LogP contribution in [0.1, 0.15) is 22.5 Å². The number of hydrogen-bond acceptors (Lipinski definition) is 3. The number of hydrogen-bond donors (Lipinski definition) is 2.